The van der Waals surface area contributed by atoms with Gasteiger partial charge in [0.25, 0.3) is 0 Å². The molecule has 1 unspecified atom stereocenters. The molecule has 0 saturated carbocycles. The van der Waals surface area contributed by atoms with E-state index >= 15 is 0 Å². The summed E-state index contributed by atoms with van der Waals surface area (Å²) in [6.07, 6.45) is 7.01. The topological polar surface area (TPSA) is 52.9 Å². The molecule has 1 amide bonds. The van der Waals surface area contributed by atoms with Gasteiger partial charge in [-0.25, -0.2) is 0 Å². The number of nitrogens with zero attached hydrogens (tertiary/aromatic N) is 1. The monoisotopic (exact) mass is 252 g/mol. The predicted octanol–water partition coefficient (Wildman–Crippen LogP) is 3.79. The van der Waals surface area contributed by atoms with Gasteiger partial charge in [-0.15, -0.1) is 0 Å². The van der Waals surface area contributed by atoms with Crippen molar-refractivity contribution < 1.29 is 4.79 Å². The second kappa shape index (κ2) is 8.97. The molecule has 0 aromatic carbocycles. The average molecular weight is 252 g/mol. The van der Waals surface area contributed by atoms with Gasteiger partial charge in [0, 0.05) is 6.04 Å². The van der Waals surface area contributed by atoms with E-state index in [2.05, 4.69) is 18.3 Å². The molecule has 3 heteroatoms. The Balaban J connectivity index is 4.17. The van der Waals surface area contributed by atoms with E-state index < -0.39 is 5.41 Å². The standard InChI is InChI=1S/C15H28N2O/c1-5-8-9-10-11-13(4)17-14(18)15(6-2,7-3)12-16/h13H,5-11H2,1-4H3,(H,17,18). The fourth-order valence-corrected chi connectivity index (χ4v) is 2.09. The minimum absolute atomic E-state index is 0.0991. The second-order valence-electron chi connectivity index (χ2n) is 5.12. The highest BCUT2D eigenvalue weighted by Crippen LogP contribution is 2.25. The van der Waals surface area contributed by atoms with Gasteiger partial charge in [0.1, 0.15) is 5.41 Å². The van der Waals surface area contributed by atoms with Crippen LogP contribution in [0.2, 0.25) is 0 Å². The van der Waals surface area contributed by atoms with Crippen molar-refractivity contribution in [1.82, 2.24) is 5.32 Å². The first-order valence-electron chi connectivity index (χ1n) is 7.28. The first-order valence-corrected chi connectivity index (χ1v) is 7.28. The van der Waals surface area contributed by atoms with Crippen LogP contribution in [-0.4, -0.2) is 11.9 Å². The molecule has 0 saturated heterocycles. The van der Waals surface area contributed by atoms with E-state index in [0.717, 1.165) is 12.8 Å². The number of carbonyl (C=O) groups is 1. The van der Waals surface area contributed by atoms with Gasteiger partial charge in [-0.3, -0.25) is 4.79 Å². The molecule has 0 radical (unpaired) electrons. The van der Waals surface area contributed by atoms with Gasteiger partial charge in [0.2, 0.25) is 5.91 Å². The molecule has 1 N–H and O–H groups in total. The molecule has 0 aliphatic heterocycles. The maximum atomic E-state index is 12.1. The molecule has 0 aromatic rings. The van der Waals surface area contributed by atoms with Gasteiger partial charge in [0.05, 0.1) is 6.07 Å². The molecule has 1 atom stereocenters. The largest absolute Gasteiger partial charge is 0.352 e. The number of amides is 1. The molecule has 0 aliphatic rings. The van der Waals surface area contributed by atoms with Crippen molar-refractivity contribution >= 4 is 5.91 Å². The van der Waals surface area contributed by atoms with E-state index in [1.165, 1.54) is 19.3 Å². The van der Waals surface area contributed by atoms with Crippen LogP contribution in [0.25, 0.3) is 0 Å². The Kier molecular flexibility index (Phi) is 8.45. The van der Waals surface area contributed by atoms with Crippen molar-refractivity contribution in [3.05, 3.63) is 0 Å². The lowest BCUT2D eigenvalue weighted by molar-refractivity contribution is -0.129. The smallest absolute Gasteiger partial charge is 0.240 e. The summed E-state index contributed by atoms with van der Waals surface area (Å²) in [5, 5.41) is 12.2. The van der Waals surface area contributed by atoms with Crippen LogP contribution in [0.1, 0.15) is 72.6 Å². The SMILES string of the molecule is CCCCCCC(C)NC(=O)C(C#N)(CC)CC. The number of nitrogens with one attached hydrogen (secondary N) is 1. The predicted molar refractivity (Wildman–Crippen MR) is 75.0 cm³/mol. The Morgan fingerprint density at radius 3 is 2.28 bits per heavy atom. The Hall–Kier alpha value is -1.04. The van der Waals surface area contributed by atoms with Crippen molar-refractivity contribution in [3.63, 3.8) is 0 Å². The van der Waals surface area contributed by atoms with Crippen molar-refractivity contribution in [1.29, 1.82) is 5.26 Å². The van der Waals surface area contributed by atoms with E-state index in [4.69, 9.17) is 0 Å². The van der Waals surface area contributed by atoms with Gasteiger partial charge >= 0.3 is 0 Å². The number of hydrogen-bond acceptors (Lipinski definition) is 2. The van der Waals surface area contributed by atoms with E-state index in [0.29, 0.717) is 12.8 Å². The maximum absolute atomic E-state index is 12.1. The zero-order valence-corrected chi connectivity index (χ0v) is 12.4. The summed E-state index contributed by atoms with van der Waals surface area (Å²) in [6, 6.07) is 2.35. The lowest BCUT2D eigenvalue weighted by Gasteiger charge is -2.24. The summed E-state index contributed by atoms with van der Waals surface area (Å²) in [5.41, 5.74) is -0.836. The minimum atomic E-state index is -0.836. The van der Waals surface area contributed by atoms with Crippen LogP contribution in [0.3, 0.4) is 0 Å². The van der Waals surface area contributed by atoms with Crippen LogP contribution in [0.5, 0.6) is 0 Å². The van der Waals surface area contributed by atoms with Crippen LogP contribution in [0, 0.1) is 16.7 Å². The van der Waals surface area contributed by atoms with Crippen molar-refractivity contribution in [3.8, 4) is 6.07 Å². The third-order valence-electron chi connectivity index (χ3n) is 3.72. The van der Waals surface area contributed by atoms with E-state index in [1.807, 2.05) is 20.8 Å². The quantitative estimate of drug-likeness (QED) is 0.635. The van der Waals surface area contributed by atoms with Crippen LogP contribution < -0.4 is 5.32 Å². The Bertz CT molecular complexity index is 277. The lowest BCUT2D eigenvalue weighted by atomic mass is 9.83. The number of hydrogen-bond donors (Lipinski definition) is 1. The fourth-order valence-electron chi connectivity index (χ4n) is 2.09. The summed E-state index contributed by atoms with van der Waals surface area (Å²) in [7, 11) is 0. The Morgan fingerprint density at radius 1 is 1.22 bits per heavy atom. The molecule has 0 bridgehead atoms. The second-order valence-corrected chi connectivity index (χ2v) is 5.12. The Labute approximate surface area is 112 Å². The molecular formula is C15H28N2O. The third kappa shape index (κ3) is 5.08. The first kappa shape index (κ1) is 17.0. The van der Waals surface area contributed by atoms with Crippen molar-refractivity contribution in [2.24, 2.45) is 5.41 Å². The zero-order chi connectivity index (χ0) is 14.0. The molecular weight excluding hydrogens is 224 g/mol. The molecule has 0 fully saturated rings. The van der Waals surface area contributed by atoms with Crippen molar-refractivity contribution in [2.75, 3.05) is 0 Å². The van der Waals surface area contributed by atoms with Crippen LogP contribution >= 0.6 is 0 Å². The summed E-state index contributed by atoms with van der Waals surface area (Å²) in [4.78, 5) is 12.1. The van der Waals surface area contributed by atoms with Crippen LogP contribution in [0.4, 0.5) is 0 Å². The lowest BCUT2D eigenvalue weighted by Crippen LogP contribution is -2.43. The fraction of sp³-hybridized carbons (Fsp3) is 0.867. The average Bonchev–Trinajstić information content (AvgIpc) is 2.37. The molecule has 0 rings (SSSR count). The zero-order valence-electron chi connectivity index (χ0n) is 12.4. The summed E-state index contributed by atoms with van der Waals surface area (Å²) < 4.78 is 0. The summed E-state index contributed by atoms with van der Waals surface area (Å²) >= 11 is 0. The van der Waals surface area contributed by atoms with Crippen molar-refractivity contribution in [2.45, 2.75) is 78.7 Å². The molecule has 3 nitrogen and oxygen atoms in total. The first-order chi connectivity index (χ1) is 8.56. The van der Waals surface area contributed by atoms with Gasteiger partial charge in [0.15, 0.2) is 0 Å². The van der Waals surface area contributed by atoms with Gasteiger partial charge in [-0.05, 0) is 26.2 Å². The highest BCUT2D eigenvalue weighted by atomic mass is 16.2. The van der Waals surface area contributed by atoms with Crippen LogP contribution in [0.15, 0.2) is 0 Å². The normalized spacial score (nSPS) is 12.8. The molecule has 0 heterocycles. The summed E-state index contributed by atoms with van der Waals surface area (Å²) in [5.74, 6) is -0.0991. The molecule has 0 aliphatic carbocycles. The molecule has 0 spiro atoms. The maximum Gasteiger partial charge on any atom is 0.240 e. The summed E-state index contributed by atoms with van der Waals surface area (Å²) in [6.45, 7) is 8.02. The van der Waals surface area contributed by atoms with Gasteiger partial charge in [-0.1, -0.05) is 46.5 Å². The van der Waals surface area contributed by atoms with Gasteiger partial charge < -0.3 is 5.32 Å². The number of nitriles is 1. The third-order valence-corrected chi connectivity index (χ3v) is 3.72. The highest BCUT2D eigenvalue weighted by molar-refractivity contribution is 5.85. The van der Waals surface area contributed by atoms with E-state index in [9.17, 15) is 10.1 Å². The van der Waals surface area contributed by atoms with Gasteiger partial charge in [-0.2, -0.15) is 5.26 Å². The number of unbranched alkanes of at least 4 members (excludes halogenated alkanes) is 3. The Morgan fingerprint density at radius 2 is 1.83 bits per heavy atom. The molecule has 104 valence electrons. The molecule has 0 aromatic heterocycles. The van der Waals surface area contributed by atoms with Crippen LogP contribution in [-0.2, 0) is 4.79 Å². The van der Waals surface area contributed by atoms with E-state index in [1.54, 1.807) is 0 Å². The number of carbonyl (C=O) groups excluding carboxylic acids is 1. The number of rotatable bonds is 9. The van der Waals surface area contributed by atoms with E-state index in [-0.39, 0.29) is 11.9 Å². The minimum Gasteiger partial charge on any atom is -0.352 e. The highest BCUT2D eigenvalue weighted by Gasteiger charge is 2.35. The molecule has 18 heavy (non-hydrogen) atoms.